The number of rotatable bonds is 6. The van der Waals surface area contributed by atoms with E-state index in [1.807, 2.05) is 105 Å². The van der Waals surface area contributed by atoms with E-state index in [1.165, 1.54) is 0 Å². The molecule has 2 heterocycles. The van der Waals surface area contributed by atoms with E-state index in [-0.39, 0.29) is 5.91 Å². The highest BCUT2D eigenvalue weighted by molar-refractivity contribution is 6.06. The summed E-state index contributed by atoms with van der Waals surface area (Å²) in [6, 6.07) is 24.6. The number of ether oxygens (including phenoxy) is 1. The molecule has 0 bridgehead atoms. The molecule has 1 aromatic heterocycles. The van der Waals surface area contributed by atoms with Crippen molar-refractivity contribution in [3.63, 3.8) is 0 Å². The Morgan fingerprint density at radius 3 is 2.39 bits per heavy atom. The van der Waals surface area contributed by atoms with Crippen LogP contribution in [-0.2, 0) is 4.79 Å². The minimum absolute atomic E-state index is 0.222. The minimum atomic E-state index is -0.539. The van der Waals surface area contributed by atoms with Crippen LogP contribution in [0.3, 0.4) is 0 Å². The fourth-order valence-electron chi connectivity index (χ4n) is 4.38. The van der Waals surface area contributed by atoms with Gasteiger partial charge < -0.3 is 20.3 Å². The Bertz CT molecular complexity index is 1420. The number of para-hydroxylation sites is 2. The topological polar surface area (TPSA) is 84.3 Å². The monoisotopic (exact) mass is 480 g/mol. The Kier molecular flexibility index (Phi) is 6.16. The zero-order chi connectivity index (χ0) is 25.2. The van der Waals surface area contributed by atoms with Gasteiger partial charge in [0.05, 0.1) is 12.7 Å². The molecule has 5 rings (SSSR count). The second-order valence-electron chi connectivity index (χ2n) is 8.77. The van der Waals surface area contributed by atoms with Crippen molar-refractivity contribution in [1.82, 2.24) is 14.8 Å². The number of carbonyl (C=O) groups is 1. The maximum Gasteiger partial charge on any atom is 0.255 e. The van der Waals surface area contributed by atoms with Gasteiger partial charge in [-0.25, -0.2) is 4.68 Å². The number of hydrogen-bond donors (Lipinski definition) is 2. The average Bonchev–Trinajstić information content (AvgIpc) is 3.32. The highest BCUT2D eigenvalue weighted by atomic mass is 16.5. The van der Waals surface area contributed by atoms with Crippen molar-refractivity contribution in [2.75, 3.05) is 36.7 Å². The summed E-state index contributed by atoms with van der Waals surface area (Å²) in [7, 11) is 5.63. The first kappa shape index (κ1) is 23.2. The van der Waals surface area contributed by atoms with Crippen LogP contribution in [0.4, 0.5) is 17.3 Å². The van der Waals surface area contributed by atoms with E-state index in [0.29, 0.717) is 34.5 Å². The number of nitrogens with zero attached hydrogens (tertiary/aromatic N) is 4. The lowest BCUT2D eigenvalue weighted by Crippen LogP contribution is -2.31. The van der Waals surface area contributed by atoms with Gasteiger partial charge >= 0.3 is 0 Å². The van der Waals surface area contributed by atoms with E-state index in [0.717, 1.165) is 16.8 Å². The highest BCUT2D eigenvalue weighted by Gasteiger charge is 2.36. The number of carbonyl (C=O) groups excluding carboxylic acids is 1. The highest BCUT2D eigenvalue weighted by Crippen LogP contribution is 2.40. The Morgan fingerprint density at radius 1 is 1.00 bits per heavy atom. The van der Waals surface area contributed by atoms with Gasteiger partial charge in [-0.1, -0.05) is 36.4 Å². The van der Waals surface area contributed by atoms with Crippen LogP contribution in [0, 0.1) is 0 Å². The zero-order valence-electron chi connectivity index (χ0n) is 20.7. The number of benzene rings is 3. The van der Waals surface area contributed by atoms with E-state index in [9.17, 15) is 4.79 Å². The maximum absolute atomic E-state index is 13.6. The quantitative estimate of drug-likeness (QED) is 0.406. The number of anilines is 3. The summed E-state index contributed by atoms with van der Waals surface area (Å²) in [6.07, 6.45) is 0. The first-order valence-electron chi connectivity index (χ1n) is 11.7. The molecule has 0 aliphatic carbocycles. The number of amides is 1. The molecule has 1 amide bonds. The molecular weight excluding hydrogens is 452 g/mol. The fourth-order valence-corrected chi connectivity index (χ4v) is 4.38. The molecule has 8 heteroatoms. The summed E-state index contributed by atoms with van der Waals surface area (Å²) in [4.78, 5) is 20.4. The number of hydrogen-bond acceptors (Lipinski definition) is 6. The number of methoxy groups -OCH3 is 1. The third kappa shape index (κ3) is 4.29. The van der Waals surface area contributed by atoms with Gasteiger partial charge in [0.25, 0.3) is 5.91 Å². The van der Waals surface area contributed by atoms with Crippen molar-refractivity contribution in [2.45, 2.75) is 13.0 Å². The largest absolute Gasteiger partial charge is 0.496 e. The molecule has 36 heavy (non-hydrogen) atoms. The van der Waals surface area contributed by atoms with Crippen molar-refractivity contribution in [1.29, 1.82) is 0 Å². The molecule has 0 spiro atoms. The third-order valence-corrected chi connectivity index (χ3v) is 6.20. The van der Waals surface area contributed by atoms with Crippen LogP contribution in [0.2, 0.25) is 0 Å². The predicted molar refractivity (Wildman–Crippen MR) is 142 cm³/mol. The summed E-state index contributed by atoms with van der Waals surface area (Å²) >= 11 is 0. The van der Waals surface area contributed by atoms with E-state index < -0.39 is 6.04 Å². The number of fused-ring (bicyclic) bond motifs is 1. The van der Waals surface area contributed by atoms with E-state index in [1.54, 1.807) is 11.8 Å². The van der Waals surface area contributed by atoms with Crippen LogP contribution >= 0.6 is 0 Å². The summed E-state index contributed by atoms with van der Waals surface area (Å²) in [6.45, 7) is 1.88. The maximum atomic E-state index is 13.6. The molecule has 1 atom stereocenters. The summed E-state index contributed by atoms with van der Waals surface area (Å²) < 4.78 is 7.45. The Morgan fingerprint density at radius 2 is 1.69 bits per heavy atom. The fraction of sp³-hybridized carbons (Fsp3) is 0.179. The molecule has 1 aliphatic rings. The molecule has 1 unspecified atom stereocenters. The van der Waals surface area contributed by atoms with Crippen molar-refractivity contribution < 1.29 is 9.53 Å². The van der Waals surface area contributed by atoms with E-state index in [4.69, 9.17) is 14.8 Å². The lowest BCUT2D eigenvalue weighted by Gasteiger charge is -2.29. The first-order chi connectivity index (χ1) is 17.5. The Hall–Kier alpha value is -4.59. The standard InChI is InChI=1S/C28H28N6O2/c1-18-24(27(35)30-20-10-6-5-7-11-20)25(22-12-8-9-13-23(22)36-4)34-28(29-18)31-26(32-34)19-14-16-21(17-15-19)33(2)3/h5-17,25H,1-4H3,(H,30,35)(H,29,31,32). The minimum Gasteiger partial charge on any atom is -0.496 e. The van der Waals surface area contributed by atoms with Gasteiger partial charge in [-0.2, -0.15) is 4.98 Å². The van der Waals surface area contributed by atoms with Crippen molar-refractivity contribution >= 4 is 23.2 Å². The summed E-state index contributed by atoms with van der Waals surface area (Å²) in [5, 5.41) is 11.2. The molecule has 3 aromatic carbocycles. The molecule has 1 aliphatic heterocycles. The number of nitrogens with one attached hydrogen (secondary N) is 2. The van der Waals surface area contributed by atoms with Crippen molar-refractivity contribution in [2.24, 2.45) is 0 Å². The molecule has 0 saturated carbocycles. The molecule has 182 valence electrons. The predicted octanol–water partition coefficient (Wildman–Crippen LogP) is 4.95. The van der Waals surface area contributed by atoms with Gasteiger partial charge in [-0.3, -0.25) is 4.79 Å². The zero-order valence-corrected chi connectivity index (χ0v) is 20.7. The molecular formula is C28H28N6O2. The Labute approximate surface area is 210 Å². The lowest BCUT2D eigenvalue weighted by molar-refractivity contribution is -0.113. The molecule has 0 radical (unpaired) electrons. The second kappa shape index (κ2) is 9.58. The van der Waals surface area contributed by atoms with E-state index >= 15 is 0 Å². The third-order valence-electron chi connectivity index (χ3n) is 6.20. The van der Waals surface area contributed by atoms with Gasteiger partial charge in [-0.05, 0) is 49.4 Å². The van der Waals surface area contributed by atoms with Crippen LogP contribution in [0.1, 0.15) is 18.5 Å². The lowest BCUT2D eigenvalue weighted by atomic mass is 9.94. The average molecular weight is 481 g/mol. The Balaban J connectivity index is 1.60. The van der Waals surface area contributed by atoms with Crippen molar-refractivity contribution in [3.8, 4) is 17.1 Å². The van der Waals surface area contributed by atoms with Gasteiger partial charge in [0, 0.05) is 42.3 Å². The van der Waals surface area contributed by atoms with Gasteiger partial charge in [0.2, 0.25) is 5.95 Å². The van der Waals surface area contributed by atoms with Crippen LogP contribution < -0.4 is 20.3 Å². The molecule has 0 fully saturated rings. The van der Waals surface area contributed by atoms with Crippen molar-refractivity contribution in [3.05, 3.63) is 95.7 Å². The smallest absolute Gasteiger partial charge is 0.255 e. The summed E-state index contributed by atoms with van der Waals surface area (Å²) in [5.41, 5.74) is 4.75. The normalized spacial score (nSPS) is 14.6. The molecule has 2 N–H and O–H groups in total. The van der Waals surface area contributed by atoms with E-state index in [2.05, 4.69) is 10.6 Å². The molecule has 0 saturated heterocycles. The number of aromatic nitrogens is 3. The van der Waals surface area contributed by atoms with Gasteiger partial charge in [-0.15, -0.1) is 5.10 Å². The van der Waals surface area contributed by atoms with Crippen LogP contribution in [0.5, 0.6) is 5.75 Å². The first-order valence-corrected chi connectivity index (χ1v) is 11.7. The number of allylic oxidation sites excluding steroid dienone is 1. The molecule has 4 aromatic rings. The van der Waals surface area contributed by atoms with Gasteiger partial charge in [0.1, 0.15) is 11.8 Å². The van der Waals surface area contributed by atoms with Crippen LogP contribution in [0.25, 0.3) is 11.4 Å². The SMILES string of the molecule is COc1ccccc1C1C(C(=O)Nc2ccccc2)=C(C)Nc2nc(-c3ccc(N(C)C)cc3)nn21. The molecule has 8 nitrogen and oxygen atoms in total. The second-order valence-corrected chi connectivity index (χ2v) is 8.77. The summed E-state index contributed by atoms with van der Waals surface area (Å²) in [5.74, 6) is 1.58. The van der Waals surface area contributed by atoms with Gasteiger partial charge in [0.15, 0.2) is 5.82 Å². The van der Waals surface area contributed by atoms with Crippen LogP contribution in [0.15, 0.2) is 90.1 Å². The van der Waals surface area contributed by atoms with Crippen LogP contribution in [-0.4, -0.2) is 41.9 Å².